The van der Waals surface area contributed by atoms with E-state index in [1.807, 2.05) is 0 Å². The van der Waals surface area contributed by atoms with Crippen LogP contribution in [0.5, 0.6) is 0 Å². The molecule has 0 spiro atoms. The lowest BCUT2D eigenvalue weighted by atomic mass is 10.2. The molecule has 1 heterocycles. The number of fused-ring (bicyclic) bond motifs is 1. The maximum Gasteiger partial charge on any atom is 0.192 e. The number of halogens is 1. The Morgan fingerprint density at radius 1 is 1.54 bits per heavy atom. The summed E-state index contributed by atoms with van der Waals surface area (Å²) in [5.41, 5.74) is 1.21. The van der Waals surface area contributed by atoms with Gasteiger partial charge in [0.2, 0.25) is 0 Å². The highest BCUT2D eigenvalue weighted by Gasteiger charge is 2.07. The fourth-order valence-electron chi connectivity index (χ4n) is 1.17. The van der Waals surface area contributed by atoms with Crippen LogP contribution in [0.15, 0.2) is 16.5 Å². The monoisotopic (exact) mass is 175 g/mol. The van der Waals surface area contributed by atoms with E-state index in [9.17, 15) is 4.39 Å². The first-order chi connectivity index (χ1) is 6.20. The van der Waals surface area contributed by atoms with E-state index in [0.29, 0.717) is 17.0 Å². The van der Waals surface area contributed by atoms with Crippen LogP contribution in [-0.4, -0.2) is 4.98 Å². The average Bonchev–Trinajstić information content (AvgIpc) is 2.42. The fraction of sp³-hybridized carbons (Fsp3) is 0.100. The number of terminal acetylenes is 1. The number of aryl methyl sites for hydroxylation is 1. The third kappa shape index (κ3) is 1.17. The number of nitrogens with zero attached hydrogens (tertiary/aromatic N) is 1. The molecule has 13 heavy (non-hydrogen) atoms. The van der Waals surface area contributed by atoms with Gasteiger partial charge in [-0.2, -0.15) is 0 Å². The van der Waals surface area contributed by atoms with Crippen molar-refractivity contribution in [1.29, 1.82) is 0 Å². The van der Waals surface area contributed by atoms with Gasteiger partial charge in [-0.25, -0.2) is 9.37 Å². The zero-order chi connectivity index (χ0) is 9.42. The Balaban J connectivity index is 2.82. The van der Waals surface area contributed by atoms with Crippen LogP contribution in [0.1, 0.15) is 11.5 Å². The molecule has 3 heteroatoms. The number of hydrogen-bond acceptors (Lipinski definition) is 2. The zero-order valence-corrected chi connectivity index (χ0v) is 6.97. The Labute approximate surface area is 74.4 Å². The Morgan fingerprint density at radius 3 is 3.00 bits per heavy atom. The highest BCUT2D eigenvalue weighted by Crippen LogP contribution is 2.19. The molecular weight excluding hydrogens is 169 g/mol. The Morgan fingerprint density at radius 2 is 2.31 bits per heavy atom. The summed E-state index contributed by atoms with van der Waals surface area (Å²) < 4.78 is 18.3. The van der Waals surface area contributed by atoms with Gasteiger partial charge in [-0.05, 0) is 0 Å². The molecule has 0 fully saturated rings. The van der Waals surface area contributed by atoms with Crippen LogP contribution < -0.4 is 0 Å². The second kappa shape index (κ2) is 2.60. The molecule has 0 aliphatic rings. The third-order valence-corrected chi connectivity index (χ3v) is 1.74. The van der Waals surface area contributed by atoms with E-state index < -0.39 is 5.82 Å². The summed E-state index contributed by atoms with van der Waals surface area (Å²) in [6.45, 7) is 1.70. The van der Waals surface area contributed by atoms with E-state index in [4.69, 9.17) is 10.8 Å². The van der Waals surface area contributed by atoms with Gasteiger partial charge in [0.15, 0.2) is 11.5 Å². The smallest absolute Gasteiger partial charge is 0.192 e. The lowest BCUT2D eigenvalue weighted by Gasteiger charge is -1.92. The van der Waals surface area contributed by atoms with Crippen LogP contribution in [-0.2, 0) is 0 Å². The SMILES string of the molecule is C#Cc1cc2oc(C)nc2cc1F. The molecule has 0 N–H and O–H groups in total. The number of rotatable bonds is 0. The molecule has 0 aliphatic heterocycles. The van der Waals surface area contributed by atoms with Crippen molar-refractivity contribution >= 4 is 11.1 Å². The maximum atomic E-state index is 13.1. The summed E-state index contributed by atoms with van der Waals surface area (Å²) >= 11 is 0. The highest BCUT2D eigenvalue weighted by atomic mass is 19.1. The van der Waals surface area contributed by atoms with Gasteiger partial charge in [0.05, 0.1) is 5.56 Å². The molecule has 2 nitrogen and oxygen atoms in total. The van der Waals surface area contributed by atoms with Crippen molar-refractivity contribution in [3.8, 4) is 12.3 Å². The quantitative estimate of drug-likeness (QED) is 0.574. The predicted octanol–water partition coefficient (Wildman–Crippen LogP) is 2.26. The Hall–Kier alpha value is -1.82. The van der Waals surface area contributed by atoms with Crippen LogP contribution in [0.2, 0.25) is 0 Å². The van der Waals surface area contributed by atoms with Crippen LogP contribution in [0, 0.1) is 25.1 Å². The van der Waals surface area contributed by atoms with E-state index in [2.05, 4.69) is 10.9 Å². The summed E-state index contributed by atoms with van der Waals surface area (Å²) in [7, 11) is 0. The fourth-order valence-corrected chi connectivity index (χ4v) is 1.17. The number of benzene rings is 1. The van der Waals surface area contributed by atoms with Gasteiger partial charge in [-0.15, -0.1) is 6.42 Å². The molecule has 64 valence electrons. The van der Waals surface area contributed by atoms with E-state index in [1.54, 1.807) is 6.92 Å². The molecule has 1 aromatic carbocycles. The van der Waals surface area contributed by atoms with Crippen molar-refractivity contribution in [3.05, 3.63) is 29.4 Å². The van der Waals surface area contributed by atoms with Gasteiger partial charge >= 0.3 is 0 Å². The molecule has 0 unspecified atom stereocenters. The van der Waals surface area contributed by atoms with Gasteiger partial charge in [-0.1, -0.05) is 5.92 Å². The summed E-state index contributed by atoms with van der Waals surface area (Å²) in [6.07, 6.45) is 5.10. The second-order valence-electron chi connectivity index (χ2n) is 2.68. The van der Waals surface area contributed by atoms with Crippen molar-refractivity contribution < 1.29 is 8.81 Å². The first-order valence-electron chi connectivity index (χ1n) is 3.74. The number of aromatic nitrogens is 1. The Kier molecular flexibility index (Phi) is 1.56. The van der Waals surface area contributed by atoms with E-state index in [1.165, 1.54) is 12.1 Å². The minimum atomic E-state index is -0.441. The highest BCUT2D eigenvalue weighted by molar-refractivity contribution is 5.74. The normalized spacial score (nSPS) is 10.2. The lowest BCUT2D eigenvalue weighted by molar-refractivity contribution is 0.560. The van der Waals surface area contributed by atoms with Crippen molar-refractivity contribution in [2.45, 2.75) is 6.92 Å². The molecule has 2 aromatic rings. The summed E-state index contributed by atoms with van der Waals surface area (Å²) in [6, 6.07) is 2.76. The first-order valence-corrected chi connectivity index (χ1v) is 3.74. The van der Waals surface area contributed by atoms with E-state index >= 15 is 0 Å². The standard InChI is InChI=1S/C10H6FNO/c1-3-7-4-10-9(5-8(7)11)12-6(2)13-10/h1,4-5H,2H3. The average molecular weight is 175 g/mol. The van der Waals surface area contributed by atoms with Crippen molar-refractivity contribution in [2.24, 2.45) is 0 Å². The minimum absolute atomic E-state index is 0.198. The summed E-state index contributed by atoms with van der Waals surface area (Å²) in [5, 5.41) is 0. The van der Waals surface area contributed by atoms with Crippen LogP contribution in [0.25, 0.3) is 11.1 Å². The van der Waals surface area contributed by atoms with Gasteiger partial charge in [-0.3, -0.25) is 0 Å². The van der Waals surface area contributed by atoms with Gasteiger partial charge < -0.3 is 4.42 Å². The van der Waals surface area contributed by atoms with Crippen molar-refractivity contribution in [1.82, 2.24) is 4.98 Å². The molecule has 0 bridgehead atoms. The first kappa shape index (κ1) is 7.81. The van der Waals surface area contributed by atoms with Crippen molar-refractivity contribution in [2.75, 3.05) is 0 Å². The van der Waals surface area contributed by atoms with Gasteiger partial charge in [0.1, 0.15) is 11.3 Å². The maximum absolute atomic E-state index is 13.1. The van der Waals surface area contributed by atoms with Gasteiger partial charge in [0, 0.05) is 19.1 Å². The molecule has 2 rings (SSSR count). The topological polar surface area (TPSA) is 26.0 Å². The van der Waals surface area contributed by atoms with Crippen LogP contribution in [0.3, 0.4) is 0 Å². The van der Waals surface area contributed by atoms with Crippen LogP contribution in [0.4, 0.5) is 4.39 Å². The molecule has 0 atom stereocenters. The van der Waals surface area contributed by atoms with E-state index in [0.717, 1.165) is 0 Å². The van der Waals surface area contributed by atoms with Crippen LogP contribution >= 0.6 is 0 Å². The summed E-state index contributed by atoms with van der Waals surface area (Å²) in [5.74, 6) is 2.30. The molecule has 0 saturated carbocycles. The van der Waals surface area contributed by atoms with Crippen molar-refractivity contribution in [3.63, 3.8) is 0 Å². The minimum Gasteiger partial charge on any atom is -0.441 e. The molecule has 0 saturated heterocycles. The predicted molar refractivity (Wildman–Crippen MR) is 46.6 cm³/mol. The second-order valence-corrected chi connectivity index (χ2v) is 2.68. The largest absolute Gasteiger partial charge is 0.441 e. The molecule has 1 aromatic heterocycles. The lowest BCUT2D eigenvalue weighted by Crippen LogP contribution is -1.82. The molecule has 0 amide bonds. The molecule has 0 aliphatic carbocycles. The summed E-state index contributed by atoms with van der Waals surface area (Å²) in [4.78, 5) is 3.97. The van der Waals surface area contributed by atoms with Gasteiger partial charge in [0.25, 0.3) is 0 Å². The molecular formula is C10H6FNO. The number of oxazole rings is 1. The number of hydrogen-bond donors (Lipinski definition) is 0. The third-order valence-electron chi connectivity index (χ3n) is 1.74. The molecule has 0 radical (unpaired) electrons. The zero-order valence-electron chi connectivity index (χ0n) is 6.97. The van der Waals surface area contributed by atoms with E-state index in [-0.39, 0.29) is 5.56 Å². The Bertz CT molecular complexity index is 507.